The molecule has 0 aliphatic carbocycles. The summed E-state index contributed by atoms with van der Waals surface area (Å²) in [6.07, 6.45) is 1.94. The van der Waals surface area contributed by atoms with Crippen molar-refractivity contribution in [1.29, 1.82) is 0 Å². The number of rotatable bonds is 5. The van der Waals surface area contributed by atoms with Crippen LogP contribution in [0.2, 0.25) is 0 Å². The lowest BCUT2D eigenvalue weighted by Crippen LogP contribution is -2.09. The van der Waals surface area contributed by atoms with E-state index < -0.39 is 5.97 Å². The Hall–Kier alpha value is -2.10. The summed E-state index contributed by atoms with van der Waals surface area (Å²) >= 11 is 0. The van der Waals surface area contributed by atoms with Crippen LogP contribution in [0.3, 0.4) is 0 Å². The second-order valence-corrected chi connectivity index (χ2v) is 5.10. The first-order valence-electron chi connectivity index (χ1n) is 6.91. The molecule has 0 atom stereocenters. The van der Waals surface area contributed by atoms with Crippen LogP contribution in [0.5, 0.6) is 0 Å². The Balaban J connectivity index is 2.41. The molecule has 0 spiro atoms. The Morgan fingerprint density at radius 3 is 2.60 bits per heavy atom. The highest BCUT2D eigenvalue weighted by Crippen LogP contribution is 2.22. The highest BCUT2D eigenvalue weighted by Gasteiger charge is 2.15. The normalized spacial score (nSPS) is 10.8. The molecule has 106 valence electrons. The molecule has 0 unspecified atom stereocenters. The van der Waals surface area contributed by atoms with Crippen molar-refractivity contribution >= 4 is 5.97 Å². The van der Waals surface area contributed by atoms with Crippen LogP contribution < -0.4 is 0 Å². The molecule has 0 radical (unpaired) electrons. The minimum Gasteiger partial charge on any atom is -0.477 e. The topological polar surface area (TPSA) is 55.1 Å². The summed E-state index contributed by atoms with van der Waals surface area (Å²) in [6, 6.07) is 7.73. The molecule has 2 aromatic rings. The van der Waals surface area contributed by atoms with E-state index in [-0.39, 0.29) is 5.69 Å². The first-order chi connectivity index (χ1) is 9.52. The standard InChI is InChI=1S/C16H20N2O2/c1-4-5-8-18-15(16(19)20)10-14(17-18)13-7-6-11(2)12(3)9-13/h6-7,9-10H,4-5,8H2,1-3H3,(H,19,20). The molecule has 0 aliphatic heterocycles. The maximum absolute atomic E-state index is 11.3. The summed E-state index contributed by atoms with van der Waals surface area (Å²) in [5.41, 5.74) is 4.35. The van der Waals surface area contributed by atoms with Crippen molar-refractivity contribution in [2.75, 3.05) is 0 Å². The predicted molar refractivity (Wildman–Crippen MR) is 79.0 cm³/mol. The summed E-state index contributed by atoms with van der Waals surface area (Å²) in [6.45, 7) is 6.82. The number of nitrogens with zero attached hydrogens (tertiary/aromatic N) is 2. The van der Waals surface area contributed by atoms with Crippen molar-refractivity contribution in [3.05, 3.63) is 41.1 Å². The number of carboxylic acid groups (broad SMARTS) is 1. The van der Waals surface area contributed by atoms with E-state index in [1.54, 1.807) is 10.7 Å². The quantitative estimate of drug-likeness (QED) is 0.903. The Morgan fingerprint density at radius 2 is 2.00 bits per heavy atom. The van der Waals surface area contributed by atoms with Gasteiger partial charge in [-0.25, -0.2) is 4.79 Å². The van der Waals surface area contributed by atoms with Crippen LogP contribution in [0, 0.1) is 13.8 Å². The first kappa shape index (κ1) is 14.3. The SMILES string of the molecule is CCCCn1nc(-c2ccc(C)c(C)c2)cc1C(=O)O. The third-order valence-corrected chi connectivity index (χ3v) is 3.53. The number of hydrogen-bond acceptors (Lipinski definition) is 2. The minimum absolute atomic E-state index is 0.256. The van der Waals surface area contributed by atoms with Gasteiger partial charge < -0.3 is 5.11 Å². The number of aryl methyl sites for hydroxylation is 3. The maximum atomic E-state index is 11.3. The fourth-order valence-corrected chi connectivity index (χ4v) is 2.11. The molecule has 0 fully saturated rings. The maximum Gasteiger partial charge on any atom is 0.354 e. The van der Waals surface area contributed by atoms with Crippen LogP contribution >= 0.6 is 0 Å². The van der Waals surface area contributed by atoms with Gasteiger partial charge in [-0.1, -0.05) is 25.5 Å². The molecule has 1 N–H and O–H groups in total. The molecule has 4 heteroatoms. The van der Waals surface area contributed by atoms with Crippen molar-refractivity contribution in [2.45, 2.75) is 40.2 Å². The van der Waals surface area contributed by atoms with Gasteiger partial charge in [-0.15, -0.1) is 0 Å². The van der Waals surface area contributed by atoms with Crippen molar-refractivity contribution in [1.82, 2.24) is 9.78 Å². The number of benzene rings is 1. The monoisotopic (exact) mass is 272 g/mol. The molecule has 0 bridgehead atoms. The smallest absolute Gasteiger partial charge is 0.354 e. The second kappa shape index (κ2) is 5.90. The summed E-state index contributed by atoms with van der Waals surface area (Å²) in [7, 11) is 0. The van der Waals surface area contributed by atoms with Crippen molar-refractivity contribution < 1.29 is 9.90 Å². The van der Waals surface area contributed by atoms with Gasteiger partial charge in [0, 0.05) is 12.1 Å². The predicted octanol–water partition coefficient (Wildman–Crippen LogP) is 3.67. The van der Waals surface area contributed by atoms with E-state index in [2.05, 4.69) is 18.9 Å². The molecule has 2 rings (SSSR count). The van der Waals surface area contributed by atoms with Crippen LogP contribution in [0.4, 0.5) is 0 Å². The molecule has 4 nitrogen and oxygen atoms in total. The van der Waals surface area contributed by atoms with Crippen molar-refractivity contribution in [3.63, 3.8) is 0 Å². The van der Waals surface area contributed by atoms with E-state index >= 15 is 0 Å². The summed E-state index contributed by atoms with van der Waals surface area (Å²) < 4.78 is 1.59. The lowest BCUT2D eigenvalue weighted by atomic mass is 10.0. The largest absolute Gasteiger partial charge is 0.477 e. The molecular formula is C16H20N2O2. The van der Waals surface area contributed by atoms with Gasteiger partial charge in [0.05, 0.1) is 5.69 Å². The molecular weight excluding hydrogens is 252 g/mol. The third-order valence-electron chi connectivity index (χ3n) is 3.53. The lowest BCUT2D eigenvalue weighted by molar-refractivity contribution is 0.0683. The zero-order valence-corrected chi connectivity index (χ0v) is 12.2. The molecule has 0 aliphatic rings. The number of aromatic nitrogens is 2. The highest BCUT2D eigenvalue weighted by molar-refractivity contribution is 5.87. The summed E-state index contributed by atoms with van der Waals surface area (Å²) in [4.78, 5) is 11.3. The van der Waals surface area contributed by atoms with Gasteiger partial charge in [-0.2, -0.15) is 5.10 Å². The van der Waals surface area contributed by atoms with Crippen LogP contribution in [0.15, 0.2) is 24.3 Å². The second-order valence-electron chi connectivity index (χ2n) is 5.10. The van der Waals surface area contributed by atoms with Crippen molar-refractivity contribution in [2.24, 2.45) is 0 Å². The van der Waals surface area contributed by atoms with Gasteiger partial charge in [0.1, 0.15) is 5.69 Å². The molecule has 20 heavy (non-hydrogen) atoms. The van der Waals surface area contributed by atoms with Crippen LogP contribution in [-0.2, 0) is 6.54 Å². The van der Waals surface area contributed by atoms with Crippen molar-refractivity contribution in [3.8, 4) is 11.3 Å². The van der Waals surface area contributed by atoms with Gasteiger partial charge in [0.15, 0.2) is 0 Å². The fraction of sp³-hybridized carbons (Fsp3) is 0.375. The number of aromatic carboxylic acids is 1. The number of hydrogen-bond donors (Lipinski definition) is 1. The fourth-order valence-electron chi connectivity index (χ4n) is 2.11. The average Bonchev–Trinajstić information content (AvgIpc) is 2.84. The van der Waals surface area contributed by atoms with E-state index in [4.69, 9.17) is 0 Å². The van der Waals surface area contributed by atoms with Crippen LogP contribution in [0.25, 0.3) is 11.3 Å². The summed E-state index contributed by atoms with van der Waals surface area (Å²) in [5, 5.41) is 13.7. The average molecular weight is 272 g/mol. The minimum atomic E-state index is -0.927. The van der Waals surface area contributed by atoms with E-state index in [1.165, 1.54) is 11.1 Å². The molecule has 0 saturated carbocycles. The molecule has 1 heterocycles. The molecule has 1 aromatic heterocycles. The van der Waals surface area contributed by atoms with Gasteiger partial charge >= 0.3 is 5.97 Å². The van der Waals surface area contributed by atoms with E-state index in [0.717, 1.165) is 24.1 Å². The van der Waals surface area contributed by atoms with Crippen LogP contribution in [0.1, 0.15) is 41.4 Å². The third kappa shape index (κ3) is 2.90. The van der Waals surface area contributed by atoms with E-state index in [0.29, 0.717) is 6.54 Å². The summed E-state index contributed by atoms with van der Waals surface area (Å²) in [5.74, 6) is -0.927. The van der Waals surface area contributed by atoms with E-state index in [9.17, 15) is 9.90 Å². The Bertz CT molecular complexity index is 629. The Morgan fingerprint density at radius 1 is 1.25 bits per heavy atom. The van der Waals surface area contributed by atoms with Gasteiger partial charge in [0.2, 0.25) is 0 Å². The van der Waals surface area contributed by atoms with Gasteiger partial charge in [0.25, 0.3) is 0 Å². The van der Waals surface area contributed by atoms with Gasteiger partial charge in [-0.3, -0.25) is 4.68 Å². The lowest BCUT2D eigenvalue weighted by Gasteiger charge is -2.03. The number of unbranched alkanes of at least 4 members (excludes halogenated alkanes) is 1. The Kier molecular flexibility index (Phi) is 4.23. The van der Waals surface area contributed by atoms with E-state index in [1.807, 2.05) is 25.1 Å². The molecule has 0 amide bonds. The Labute approximate surface area is 119 Å². The zero-order valence-electron chi connectivity index (χ0n) is 12.2. The highest BCUT2D eigenvalue weighted by atomic mass is 16.4. The number of carboxylic acids is 1. The number of carbonyl (C=O) groups is 1. The molecule has 1 aromatic carbocycles. The molecule has 0 saturated heterocycles. The van der Waals surface area contributed by atoms with Gasteiger partial charge in [-0.05, 0) is 43.5 Å². The van der Waals surface area contributed by atoms with Crippen LogP contribution in [-0.4, -0.2) is 20.9 Å². The zero-order chi connectivity index (χ0) is 14.7. The first-order valence-corrected chi connectivity index (χ1v) is 6.91.